The summed E-state index contributed by atoms with van der Waals surface area (Å²) >= 11 is 0. The van der Waals surface area contributed by atoms with Crippen LogP contribution in [-0.2, 0) is 0 Å². The Hall–Kier alpha value is -7.88. The first-order valence-corrected chi connectivity index (χ1v) is 18.4. The van der Waals surface area contributed by atoms with Gasteiger partial charge >= 0.3 is 0 Å². The van der Waals surface area contributed by atoms with E-state index in [-0.39, 0.29) is 0 Å². The molecule has 260 valence electrons. The van der Waals surface area contributed by atoms with Crippen molar-refractivity contribution in [3.8, 4) is 67.7 Å². The molecular formula is C50H30N6. The van der Waals surface area contributed by atoms with Gasteiger partial charge in [0.05, 0.1) is 51.6 Å². The van der Waals surface area contributed by atoms with Crippen LogP contribution >= 0.6 is 0 Å². The third-order valence-corrected chi connectivity index (χ3v) is 10.1. The summed E-state index contributed by atoms with van der Waals surface area (Å²) in [6.45, 7) is 8.42. The second-order valence-electron chi connectivity index (χ2n) is 13.5. The first-order valence-electron chi connectivity index (χ1n) is 18.4. The molecule has 0 fully saturated rings. The molecule has 10 rings (SSSR count). The molecule has 0 aliphatic carbocycles. The molecule has 0 spiro atoms. The van der Waals surface area contributed by atoms with Gasteiger partial charge in [-0.05, 0) is 29.7 Å². The lowest BCUT2D eigenvalue weighted by atomic mass is 9.95. The Morgan fingerprint density at radius 2 is 0.875 bits per heavy atom. The smallest absolute Gasteiger partial charge is 0.197 e. The molecule has 0 bridgehead atoms. The summed E-state index contributed by atoms with van der Waals surface area (Å²) in [6, 6.07) is 60.7. The number of rotatable bonds is 6. The lowest BCUT2D eigenvalue weighted by molar-refractivity contribution is 1.18. The second kappa shape index (κ2) is 13.8. The van der Waals surface area contributed by atoms with Gasteiger partial charge in [-0.2, -0.15) is 0 Å². The molecule has 3 heterocycles. The zero-order valence-electron chi connectivity index (χ0n) is 30.0. The SMILES string of the molecule is [C-]#[N+]c1cc2nc(-c3ccccc3)c(-c3ccccc3)nc2c2c(-c3cccc(-c4cc(-c5ccccc5)nc(-c5ccccc5)n4)c3)nc3ccccc3c12. The first kappa shape index (κ1) is 32.7. The minimum absolute atomic E-state index is 0.500. The number of nitrogens with zero attached hydrogens (tertiary/aromatic N) is 6. The van der Waals surface area contributed by atoms with E-state index in [1.807, 2.05) is 140 Å². The molecule has 0 N–H and O–H groups in total. The molecule has 0 unspecified atom stereocenters. The van der Waals surface area contributed by atoms with E-state index >= 15 is 0 Å². The molecule has 6 heteroatoms. The van der Waals surface area contributed by atoms with Crippen LogP contribution in [0.2, 0.25) is 0 Å². The van der Waals surface area contributed by atoms with Gasteiger partial charge in [0.25, 0.3) is 0 Å². The van der Waals surface area contributed by atoms with E-state index in [0.29, 0.717) is 22.5 Å². The van der Waals surface area contributed by atoms with Crippen LogP contribution in [-0.4, -0.2) is 24.9 Å². The molecule has 6 nitrogen and oxygen atoms in total. The molecule has 10 aromatic rings. The van der Waals surface area contributed by atoms with E-state index in [1.165, 1.54) is 0 Å². The van der Waals surface area contributed by atoms with Gasteiger partial charge in [0, 0.05) is 44.2 Å². The summed E-state index contributed by atoms with van der Waals surface area (Å²) in [5.74, 6) is 0.646. The Morgan fingerprint density at radius 1 is 0.357 bits per heavy atom. The Morgan fingerprint density at radius 3 is 1.54 bits per heavy atom. The van der Waals surface area contributed by atoms with Gasteiger partial charge in [0.15, 0.2) is 11.5 Å². The van der Waals surface area contributed by atoms with E-state index in [4.69, 9.17) is 31.5 Å². The van der Waals surface area contributed by atoms with Crippen molar-refractivity contribution in [2.75, 3.05) is 0 Å². The van der Waals surface area contributed by atoms with Crippen molar-refractivity contribution in [3.63, 3.8) is 0 Å². The van der Waals surface area contributed by atoms with Gasteiger partial charge in [-0.1, -0.05) is 158 Å². The van der Waals surface area contributed by atoms with Crippen molar-refractivity contribution in [2.24, 2.45) is 0 Å². The van der Waals surface area contributed by atoms with Gasteiger partial charge in [0.2, 0.25) is 0 Å². The summed E-state index contributed by atoms with van der Waals surface area (Å²) < 4.78 is 0. The van der Waals surface area contributed by atoms with E-state index in [1.54, 1.807) is 0 Å². The number of pyridine rings is 1. The summed E-state index contributed by atoms with van der Waals surface area (Å²) in [4.78, 5) is 30.3. The molecule has 3 aromatic heterocycles. The highest BCUT2D eigenvalue weighted by Gasteiger charge is 2.22. The third kappa shape index (κ3) is 5.81. The van der Waals surface area contributed by atoms with Crippen LogP contribution in [0.25, 0.3) is 105 Å². The quantitative estimate of drug-likeness (QED) is 0.127. The van der Waals surface area contributed by atoms with Crippen molar-refractivity contribution in [2.45, 2.75) is 0 Å². The van der Waals surface area contributed by atoms with Crippen molar-refractivity contribution in [3.05, 3.63) is 193 Å². The van der Waals surface area contributed by atoms with Crippen molar-refractivity contribution in [1.29, 1.82) is 0 Å². The molecule has 56 heavy (non-hydrogen) atoms. The molecule has 0 amide bonds. The molecule has 0 aliphatic heterocycles. The van der Waals surface area contributed by atoms with Gasteiger partial charge in [-0.3, -0.25) is 0 Å². The molecule has 0 saturated heterocycles. The number of fused-ring (bicyclic) bond motifs is 5. The molecule has 0 saturated carbocycles. The average molecular weight is 715 g/mol. The highest BCUT2D eigenvalue weighted by molar-refractivity contribution is 6.24. The maximum atomic E-state index is 8.42. The maximum absolute atomic E-state index is 8.42. The van der Waals surface area contributed by atoms with Gasteiger partial charge < -0.3 is 0 Å². The van der Waals surface area contributed by atoms with Crippen molar-refractivity contribution in [1.82, 2.24) is 24.9 Å². The van der Waals surface area contributed by atoms with Crippen LogP contribution in [0.4, 0.5) is 5.69 Å². The zero-order chi connectivity index (χ0) is 37.4. The molecule has 7 aromatic carbocycles. The van der Waals surface area contributed by atoms with Crippen LogP contribution in [0.5, 0.6) is 0 Å². The van der Waals surface area contributed by atoms with E-state index in [0.717, 1.165) is 83.5 Å². The molecule has 0 radical (unpaired) electrons. The largest absolute Gasteiger partial charge is 0.247 e. The van der Waals surface area contributed by atoms with E-state index in [2.05, 4.69) is 47.3 Å². The number of hydrogen-bond acceptors (Lipinski definition) is 5. The van der Waals surface area contributed by atoms with Crippen LogP contribution in [0.3, 0.4) is 0 Å². The van der Waals surface area contributed by atoms with Crippen LogP contribution in [0.15, 0.2) is 182 Å². The summed E-state index contributed by atoms with van der Waals surface area (Å²) in [5.41, 5.74) is 12.1. The van der Waals surface area contributed by atoms with Gasteiger partial charge in [-0.15, -0.1) is 0 Å². The fraction of sp³-hybridized carbons (Fsp3) is 0. The van der Waals surface area contributed by atoms with Crippen LogP contribution in [0, 0.1) is 6.57 Å². The summed E-state index contributed by atoms with van der Waals surface area (Å²) in [6.07, 6.45) is 0. The average Bonchev–Trinajstić information content (AvgIpc) is 3.29. The first-order chi connectivity index (χ1) is 27.7. The Bertz CT molecular complexity index is 3070. The molecular weight excluding hydrogens is 685 g/mol. The zero-order valence-corrected chi connectivity index (χ0v) is 30.0. The fourth-order valence-corrected chi connectivity index (χ4v) is 7.43. The Balaban J connectivity index is 1.26. The minimum Gasteiger partial charge on any atom is -0.247 e. The third-order valence-electron chi connectivity index (χ3n) is 10.1. The number of hydrogen-bond donors (Lipinski definition) is 0. The van der Waals surface area contributed by atoms with Gasteiger partial charge in [0.1, 0.15) is 0 Å². The minimum atomic E-state index is 0.500. The normalized spacial score (nSPS) is 11.2. The van der Waals surface area contributed by atoms with E-state index < -0.39 is 0 Å². The summed E-state index contributed by atoms with van der Waals surface area (Å²) in [5, 5.41) is 2.48. The monoisotopic (exact) mass is 714 g/mol. The van der Waals surface area contributed by atoms with Gasteiger partial charge in [-0.25, -0.2) is 29.8 Å². The summed E-state index contributed by atoms with van der Waals surface area (Å²) in [7, 11) is 0. The number of benzene rings is 7. The predicted molar refractivity (Wildman–Crippen MR) is 227 cm³/mol. The lowest BCUT2D eigenvalue weighted by Gasteiger charge is -2.17. The predicted octanol–water partition coefficient (Wildman–Crippen LogP) is 12.7. The Kier molecular flexibility index (Phi) is 8.09. The fourth-order valence-electron chi connectivity index (χ4n) is 7.43. The van der Waals surface area contributed by atoms with Crippen LogP contribution in [0.1, 0.15) is 0 Å². The maximum Gasteiger partial charge on any atom is 0.197 e. The van der Waals surface area contributed by atoms with E-state index in [9.17, 15) is 0 Å². The van der Waals surface area contributed by atoms with Crippen LogP contribution < -0.4 is 0 Å². The Labute approximate surface area is 323 Å². The second-order valence-corrected chi connectivity index (χ2v) is 13.5. The topological polar surface area (TPSA) is 68.8 Å². The number of aromatic nitrogens is 5. The molecule has 0 atom stereocenters. The standard InChI is InChI=1S/C50H30N6/c1-51-42-31-43-49(56-48(34-21-10-4-11-22-34)47(53-43)33-19-8-3-9-20-33)45-44(42)38-27-14-15-28-39(38)52-46(45)37-26-16-25-36(29-37)41-30-40(32-17-6-2-7-18-32)54-50(55-41)35-23-12-5-13-24-35/h2-31H. The molecule has 0 aliphatic rings. The van der Waals surface area contributed by atoms with Crippen molar-refractivity contribution >= 4 is 38.4 Å². The number of para-hydroxylation sites is 1. The van der Waals surface area contributed by atoms with Crippen molar-refractivity contribution < 1.29 is 0 Å². The highest BCUT2D eigenvalue weighted by Crippen LogP contribution is 2.44. The lowest BCUT2D eigenvalue weighted by Crippen LogP contribution is -1.99. The highest BCUT2D eigenvalue weighted by atomic mass is 14.9.